The molecule has 1 saturated heterocycles. The number of nitrogens with one attached hydrogen (secondary N) is 1. The van der Waals surface area contributed by atoms with E-state index in [1.54, 1.807) is 4.90 Å². The molecule has 1 aliphatic heterocycles. The number of nitrogens with zero attached hydrogens (tertiary/aromatic N) is 1. The van der Waals surface area contributed by atoms with Gasteiger partial charge in [0.15, 0.2) is 0 Å². The van der Waals surface area contributed by atoms with Crippen LogP contribution in [0.3, 0.4) is 0 Å². The van der Waals surface area contributed by atoms with Crippen molar-refractivity contribution in [3.63, 3.8) is 0 Å². The number of morpholine rings is 1. The Morgan fingerprint density at radius 2 is 2.33 bits per heavy atom. The van der Waals surface area contributed by atoms with Crippen molar-refractivity contribution in [1.82, 2.24) is 10.2 Å². The van der Waals surface area contributed by atoms with Crippen molar-refractivity contribution in [2.75, 3.05) is 33.3 Å². The molecule has 4 nitrogen and oxygen atoms in total. The van der Waals surface area contributed by atoms with Crippen LogP contribution in [0.1, 0.15) is 20.3 Å². The maximum absolute atomic E-state index is 11.8. The highest BCUT2D eigenvalue weighted by Gasteiger charge is 2.19. The fourth-order valence-electron chi connectivity index (χ4n) is 1.75. The Kier molecular flexibility index (Phi) is 5.05. The average Bonchev–Trinajstić information content (AvgIpc) is 2.18. The Balaban J connectivity index is 2.27. The third-order valence-electron chi connectivity index (χ3n) is 2.47. The van der Waals surface area contributed by atoms with Crippen LogP contribution in [-0.4, -0.2) is 50.2 Å². The van der Waals surface area contributed by atoms with Gasteiger partial charge in [-0.15, -0.1) is 0 Å². The number of hydrogen-bond acceptors (Lipinski definition) is 3. The second kappa shape index (κ2) is 6.08. The van der Waals surface area contributed by atoms with Crippen LogP contribution in [0.25, 0.3) is 0 Å². The van der Waals surface area contributed by atoms with Gasteiger partial charge < -0.3 is 15.0 Å². The maximum atomic E-state index is 11.8. The molecule has 0 aromatic heterocycles. The third-order valence-corrected chi connectivity index (χ3v) is 2.47. The van der Waals surface area contributed by atoms with Crippen LogP contribution in [0, 0.1) is 5.92 Å². The van der Waals surface area contributed by atoms with E-state index in [-0.39, 0.29) is 12.0 Å². The van der Waals surface area contributed by atoms with Gasteiger partial charge in [0.1, 0.15) is 0 Å². The molecule has 1 fully saturated rings. The average molecular weight is 214 g/mol. The highest BCUT2D eigenvalue weighted by molar-refractivity contribution is 5.76. The van der Waals surface area contributed by atoms with Gasteiger partial charge in [0, 0.05) is 26.7 Å². The maximum Gasteiger partial charge on any atom is 0.224 e. The smallest absolute Gasteiger partial charge is 0.224 e. The zero-order valence-electron chi connectivity index (χ0n) is 9.95. The van der Waals surface area contributed by atoms with Crippen LogP contribution in [0.15, 0.2) is 0 Å². The number of rotatable bonds is 4. The van der Waals surface area contributed by atoms with Crippen LogP contribution < -0.4 is 5.32 Å². The minimum absolute atomic E-state index is 0.0564. The Morgan fingerprint density at radius 3 is 2.87 bits per heavy atom. The molecule has 15 heavy (non-hydrogen) atoms. The molecule has 1 unspecified atom stereocenters. The summed E-state index contributed by atoms with van der Waals surface area (Å²) in [6.07, 6.45) is 0.553. The van der Waals surface area contributed by atoms with Gasteiger partial charge in [0.25, 0.3) is 0 Å². The monoisotopic (exact) mass is 214 g/mol. The lowest BCUT2D eigenvalue weighted by molar-refractivity contribution is -0.133. The molecule has 0 spiro atoms. The molecule has 0 aromatic carbocycles. The molecule has 0 saturated carbocycles. The summed E-state index contributed by atoms with van der Waals surface area (Å²) in [5.74, 6) is 0.696. The summed E-state index contributed by atoms with van der Waals surface area (Å²) < 4.78 is 5.49. The molecule has 1 atom stereocenters. The largest absolute Gasteiger partial charge is 0.375 e. The first kappa shape index (κ1) is 12.5. The van der Waals surface area contributed by atoms with Crippen molar-refractivity contribution in [1.29, 1.82) is 0 Å². The zero-order chi connectivity index (χ0) is 11.3. The quantitative estimate of drug-likeness (QED) is 0.740. The molecule has 1 N–H and O–H groups in total. The SMILES string of the molecule is CC(C)CN(C)C(=O)CC1CNCCO1. The first-order valence-electron chi connectivity index (χ1n) is 5.66. The van der Waals surface area contributed by atoms with E-state index in [0.717, 1.165) is 19.6 Å². The summed E-state index contributed by atoms with van der Waals surface area (Å²) in [4.78, 5) is 13.6. The van der Waals surface area contributed by atoms with E-state index in [0.29, 0.717) is 18.9 Å². The standard InChI is InChI=1S/C11H22N2O2/c1-9(2)8-13(3)11(14)6-10-7-12-4-5-15-10/h9-10,12H,4-8H2,1-3H3. The molecule has 0 aliphatic carbocycles. The number of ether oxygens (including phenoxy) is 1. The molecule has 0 bridgehead atoms. The molecular formula is C11H22N2O2. The topological polar surface area (TPSA) is 41.6 Å². The van der Waals surface area contributed by atoms with Gasteiger partial charge in [-0.2, -0.15) is 0 Å². The summed E-state index contributed by atoms with van der Waals surface area (Å²) in [6.45, 7) is 7.45. The fourth-order valence-corrected chi connectivity index (χ4v) is 1.75. The molecule has 1 aliphatic rings. The van der Waals surface area contributed by atoms with Crippen LogP contribution in [-0.2, 0) is 9.53 Å². The van der Waals surface area contributed by atoms with Crippen molar-refractivity contribution in [2.24, 2.45) is 5.92 Å². The lowest BCUT2D eigenvalue weighted by atomic mass is 10.1. The summed E-state index contributed by atoms with van der Waals surface area (Å²) in [5.41, 5.74) is 0. The Morgan fingerprint density at radius 1 is 1.60 bits per heavy atom. The van der Waals surface area contributed by atoms with Crippen molar-refractivity contribution in [2.45, 2.75) is 26.4 Å². The number of hydrogen-bond donors (Lipinski definition) is 1. The van der Waals surface area contributed by atoms with Gasteiger partial charge in [-0.05, 0) is 5.92 Å². The molecule has 1 amide bonds. The van der Waals surface area contributed by atoms with Crippen LogP contribution >= 0.6 is 0 Å². The molecular weight excluding hydrogens is 192 g/mol. The lowest BCUT2D eigenvalue weighted by Gasteiger charge is -2.26. The van der Waals surface area contributed by atoms with Crippen molar-refractivity contribution >= 4 is 5.91 Å². The number of carbonyl (C=O) groups is 1. The van der Waals surface area contributed by atoms with Gasteiger partial charge in [0.05, 0.1) is 19.1 Å². The molecule has 0 radical (unpaired) electrons. The van der Waals surface area contributed by atoms with Crippen molar-refractivity contribution < 1.29 is 9.53 Å². The van der Waals surface area contributed by atoms with Crippen LogP contribution in [0.4, 0.5) is 0 Å². The fraction of sp³-hybridized carbons (Fsp3) is 0.909. The first-order valence-corrected chi connectivity index (χ1v) is 5.66. The van der Waals surface area contributed by atoms with Gasteiger partial charge in [0.2, 0.25) is 5.91 Å². The van der Waals surface area contributed by atoms with Gasteiger partial charge >= 0.3 is 0 Å². The van der Waals surface area contributed by atoms with E-state index >= 15 is 0 Å². The molecule has 4 heteroatoms. The van der Waals surface area contributed by atoms with E-state index in [2.05, 4.69) is 19.2 Å². The van der Waals surface area contributed by atoms with E-state index in [4.69, 9.17) is 4.74 Å². The number of amides is 1. The van der Waals surface area contributed by atoms with E-state index in [1.165, 1.54) is 0 Å². The van der Waals surface area contributed by atoms with E-state index in [1.807, 2.05) is 7.05 Å². The number of carbonyl (C=O) groups excluding carboxylic acids is 1. The van der Waals surface area contributed by atoms with E-state index in [9.17, 15) is 4.79 Å². The first-order chi connectivity index (χ1) is 7.09. The molecule has 88 valence electrons. The van der Waals surface area contributed by atoms with Gasteiger partial charge in [-0.3, -0.25) is 4.79 Å². The second-order valence-corrected chi connectivity index (χ2v) is 4.57. The molecule has 0 aromatic rings. The van der Waals surface area contributed by atoms with Gasteiger partial charge in [-0.25, -0.2) is 0 Å². The minimum Gasteiger partial charge on any atom is -0.375 e. The van der Waals surface area contributed by atoms with Crippen LogP contribution in [0.2, 0.25) is 0 Å². The Hall–Kier alpha value is -0.610. The normalized spacial score (nSPS) is 21.7. The van der Waals surface area contributed by atoms with Crippen LogP contribution in [0.5, 0.6) is 0 Å². The zero-order valence-corrected chi connectivity index (χ0v) is 9.95. The predicted octanol–water partition coefficient (Wildman–Crippen LogP) is 0.479. The summed E-state index contributed by atoms with van der Waals surface area (Å²) in [6, 6.07) is 0. The van der Waals surface area contributed by atoms with Gasteiger partial charge in [-0.1, -0.05) is 13.8 Å². The van der Waals surface area contributed by atoms with Crippen molar-refractivity contribution in [3.8, 4) is 0 Å². The molecule has 1 heterocycles. The summed E-state index contributed by atoms with van der Waals surface area (Å²) in [5, 5.41) is 3.22. The summed E-state index contributed by atoms with van der Waals surface area (Å²) in [7, 11) is 1.86. The predicted molar refractivity (Wildman–Crippen MR) is 59.7 cm³/mol. The minimum atomic E-state index is 0.0564. The Labute approximate surface area is 92.0 Å². The summed E-state index contributed by atoms with van der Waals surface area (Å²) >= 11 is 0. The third kappa shape index (κ3) is 4.62. The highest BCUT2D eigenvalue weighted by atomic mass is 16.5. The lowest BCUT2D eigenvalue weighted by Crippen LogP contribution is -2.42. The van der Waals surface area contributed by atoms with E-state index < -0.39 is 0 Å². The highest BCUT2D eigenvalue weighted by Crippen LogP contribution is 2.05. The molecule has 1 rings (SSSR count). The Bertz CT molecular complexity index is 201. The van der Waals surface area contributed by atoms with Crippen molar-refractivity contribution in [3.05, 3.63) is 0 Å². The second-order valence-electron chi connectivity index (χ2n) is 4.57.